The Morgan fingerprint density at radius 2 is 1.96 bits per heavy atom. The van der Waals surface area contributed by atoms with Gasteiger partial charge in [-0.15, -0.1) is 0 Å². The summed E-state index contributed by atoms with van der Waals surface area (Å²) in [5, 5.41) is 3.60. The van der Waals surface area contributed by atoms with E-state index in [1.54, 1.807) is 7.11 Å². The van der Waals surface area contributed by atoms with Crippen molar-refractivity contribution >= 4 is 5.95 Å². The molecule has 5 heteroatoms. The number of rotatable bonds is 4. The van der Waals surface area contributed by atoms with Gasteiger partial charge in [-0.05, 0) is 37.1 Å². The first-order valence-electron chi connectivity index (χ1n) is 8.11. The number of hydrogen-bond acceptors (Lipinski definition) is 5. The summed E-state index contributed by atoms with van der Waals surface area (Å²) >= 11 is 0. The normalized spacial score (nSPS) is 17.8. The van der Waals surface area contributed by atoms with Crippen molar-refractivity contribution in [3.05, 3.63) is 36.2 Å². The maximum atomic E-state index is 5.25. The Balaban J connectivity index is 2.03. The van der Waals surface area contributed by atoms with E-state index in [-0.39, 0.29) is 0 Å². The van der Waals surface area contributed by atoms with Crippen molar-refractivity contribution in [3.63, 3.8) is 0 Å². The molecule has 1 atom stereocenters. The van der Waals surface area contributed by atoms with Crippen molar-refractivity contribution in [3.8, 4) is 16.9 Å². The van der Waals surface area contributed by atoms with E-state index in [1.807, 2.05) is 37.3 Å². The van der Waals surface area contributed by atoms with Gasteiger partial charge >= 0.3 is 0 Å². The van der Waals surface area contributed by atoms with Crippen LogP contribution in [0.2, 0.25) is 0 Å². The number of benzene rings is 1. The molecule has 0 amide bonds. The molecule has 0 aliphatic carbocycles. The highest BCUT2D eigenvalue weighted by molar-refractivity contribution is 5.67. The van der Waals surface area contributed by atoms with Gasteiger partial charge in [0.15, 0.2) is 0 Å². The molecule has 0 saturated carbocycles. The van der Waals surface area contributed by atoms with Crippen LogP contribution in [0.25, 0.3) is 11.1 Å². The fourth-order valence-corrected chi connectivity index (χ4v) is 2.94. The summed E-state index contributed by atoms with van der Waals surface area (Å²) in [7, 11) is 5.63. The highest BCUT2D eigenvalue weighted by atomic mass is 16.5. The van der Waals surface area contributed by atoms with Gasteiger partial charge in [-0.1, -0.05) is 18.6 Å². The van der Waals surface area contributed by atoms with Gasteiger partial charge in [0.25, 0.3) is 0 Å². The highest BCUT2D eigenvalue weighted by Gasteiger charge is 2.21. The van der Waals surface area contributed by atoms with Crippen LogP contribution in [0.15, 0.2) is 30.5 Å². The van der Waals surface area contributed by atoms with Crippen LogP contribution >= 0.6 is 0 Å². The third-order valence-electron chi connectivity index (χ3n) is 4.25. The molecule has 1 aliphatic heterocycles. The number of hydrogen-bond donors (Lipinski definition) is 1. The van der Waals surface area contributed by atoms with Crippen molar-refractivity contribution in [1.82, 2.24) is 15.3 Å². The first-order chi connectivity index (χ1) is 11.2. The summed E-state index contributed by atoms with van der Waals surface area (Å²) in [6, 6.07) is 8.39. The molecule has 2 heterocycles. The van der Waals surface area contributed by atoms with Gasteiger partial charge in [0.1, 0.15) is 5.75 Å². The predicted octanol–water partition coefficient (Wildman–Crippen LogP) is 3.03. The Bertz CT molecular complexity index is 649. The van der Waals surface area contributed by atoms with Crippen LogP contribution in [0, 0.1) is 0 Å². The molecular weight excluding hydrogens is 288 g/mol. The first kappa shape index (κ1) is 15.7. The van der Waals surface area contributed by atoms with E-state index < -0.39 is 0 Å². The van der Waals surface area contributed by atoms with E-state index in [2.05, 4.69) is 22.4 Å². The Hall–Kier alpha value is -2.14. The van der Waals surface area contributed by atoms with E-state index in [1.165, 1.54) is 12.8 Å². The molecule has 2 aromatic rings. The van der Waals surface area contributed by atoms with Crippen LogP contribution < -0.4 is 15.0 Å². The first-order valence-corrected chi connectivity index (χ1v) is 8.11. The summed E-state index contributed by atoms with van der Waals surface area (Å²) in [6.45, 7) is 1.05. The maximum absolute atomic E-state index is 5.25. The molecular formula is C18H24N4O. The van der Waals surface area contributed by atoms with Gasteiger partial charge in [0.2, 0.25) is 5.95 Å². The van der Waals surface area contributed by atoms with Gasteiger partial charge in [-0.3, -0.25) is 0 Å². The van der Waals surface area contributed by atoms with Crippen LogP contribution in [-0.2, 0) is 0 Å². The molecule has 0 bridgehead atoms. The van der Waals surface area contributed by atoms with Crippen molar-refractivity contribution in [1.29, 1.82) is 0 Å². The molecule has 1 aromatic carbocycles. The summed E-state index contributed by atoms with van der Waals surface area (Å²) in [5.74, 6) is 1.61. The lowest BCUT2D eigenvalue weighted by Gasteiger charge is -2.26. The van der Waals surface area contributed by atoms with Crippen LogP contribution in [0.1, 0.15) is 31.0 Å². The standard InChI is InChI=1S/C18H24N4O/c1-22(2)18-20-12-15(13-7-9-14(23-3)10-8-13)17(21-18)16-6-4-5-11-19-16/h7-10,12,16,19H,4-6,11H2,1-3H3/t16-/m0/s1. The number of nitrogens with zero attached hydrogens (tertiary/aromatic N) is 3. The lowest BCUT2D eigenvalue weighted by Crippen LogP contribution is -2.28. The molecule has 1 aliphatic rings. The van der Waals surface area contributed by atoms with Crippen molar-refractivity contribution in [2.45, 2.75) is 25.3 Å². The molecule has 1 aromatic heterocycles. The van der Waals surface area contributed by atoms with Gasteiger partial charge in [0, 0.05) is 25.9 Å². The Morgan fingerprint density at radius 1 is 1.17 bits per heavy atom. The fourth-order valence-electron chi connectivity index (χ4n) is 2.94. The zero-order valence-corrected chi connectivity index (χ0v) is 14.0. The molecule has 23 heavy (non-hydrogen) atoms. The average molecular weight is 312 g/mol. The topological polar surface area (TPSA) is 50.3 Å². The van der Waals surface area contributed by atoms with Gasteiger partial charge < -0.3 is 15.0 Å². The second-order valence-corrected chi connectivity index (χ2v) is 6.09. The van der Waals surface area contributed by atoms with Crippen LogP contribution in [0.5, 0.6) is 5.75 Å². The second-order valence-electron chi connectivity index (χ2n) is 6.09. The Labute approximate surface area is 137 Å². The van der Waals surface area contributed by atoms with Gasteiger partial charge in [0.05, 0.1) is 18.8 Å². The zero-order chi connectivity index (χ0) is 16.2. The number of ether oxygens (including phenoxy) is 1. The highest BCUT2D eigenvalue weighted by Crippen LogP contribution is 2.32. The monoisotopic (exact) mass is 312 g/mol. The smallest absolute Gasteiger partial charge is 0.225 e. The number of anilines is 1. The number of methoxy groups -OCH3 is 1. The zero-order valence-electron chi connectivity index (χ0n) is 14.0. The fraction of sp³-hybridized carbons (Fsp3) is 0.444. The minimum Gasteiger partial charge on any atom is -0.497 e. The van der Waals surface area contributed by atoms with Gasteiger partial charge in [-0.25, -0.2) is 9.97 Å². The Kier molecular flexibility index (Phi) is 4.76. The van der Waals surface area contributed by atoms with E-state index in [0.717, 1.165) is 41.5 Å². The van der Waals surface area contributed by atoms with E-state index >= 15 is 0 Å². The molecule has 0 radical (unpaired) electrons. The quantitative estimate of drug-likeness (QED) is 0.940. The SMILES string of the molecule is COc1ccc(-c2cnc(N(C)C)nc2[C@@H]2CCCCN2)cc1. The summed E-state index contributed by atoms with van der Waals surface area (Å²) < 4.78 is 5.25. The number of piperidine rings is 1. The van der Waals surface area contributed by atoms with Crippen LogP contribution in [0.4, 0.5) is 5.95 Å². The molecule has 122 valence electrons. The average Bonchev–Trinajstić information content (AvgIpc) is 2.62. The molecule has 0 unspecified atom stereocenters. The minimum atomic E-state index is 0.294. The van der Waals surface area contributed by atoms with E-state index in [0.29, 0.717) is 6.04 Å². The maximum Gasteiger partial charge on any atom is 0.225 e. The lowest BCUT2D eigenvalue weighted by atomic mass is 9.95. The van der Waals surface area contributed by atoms with E-state index in [4.69, 9.17) is 9.72 Å². The van der Waals surface area contributed by atoms with Crippen LogP contribution in [0.3, 0.4) is 0 Å². The molecule has 1 N–H and O–H groups in total. The Morgan fingerprint density at radius 3 is 2.57 bits per heavy atom. The molecule has 5 nitrogen and oxygen atoms in total. The second kappa shape index (κ2) is 6.96. The summed E-state index contributed by atoms with van der Waals surface area (Å²) in [4.78, 5) is 11.3. The minimum absolute atomic E-state index is 0.294. The van der Waals surface area contributed by atoms with Crippen molar-refractivity contribution < 1.29 is 4.74 Å². The largest absolute Gasteiger partial charge is 0.497 e. The molecule has 1 fully saturated rings. The molecule has 1 saturated heterocycles. The molecule has 3 rings (SSSR count). The van der Waals surface area contributed by atoms with Gasteiger partial charge in [-0.2, -0.15) is 0 Å². The number of nitrogens with one attached hydrogen (secondary N) is 1. The predicted molar refractivity (Wildman–Crippen MR) is 92.9 cm³/mol. The molecule has 0 spiro atoms. The van der Waals surface area contributed by atoms with E-state index in [9.17, 15) is 0 Å². The van der Waals surface area contributed by atoms with Crippen LogP contribution in [-0.4, -0.2) is 37.7 Å². The third-order valence-corrected chi connectivity index (χ3v) is 4.25. The third kappa shape index (κ3) is 3.45. The number of aromatic nitrogens is 2. The lowest BCUT2D eigenvalue weighted by molar-refractivity contribution is 0.405. The summed E-state index contributed by atoms with van der Waals surface area (Å²) in [5.41, 5.74) is 3.31. The van der Waals surface area contributed by atoms with Crippen molar-refractivity contribution in [2.24, 2.45) is 0 Å². The summed E-state index contributed by atoms with van der Waals surface area (Å²) in [6.07, 6.45) is 5.53. The van der Waals surface area contributed by atoms with Crippen molar-refractivity contribution in [2.75, 3.05) is 32.6 Å².